The molecule has 1 atom stereocenters. The highest BCUT2D eigenvalue weighted by molar-refractivity contribution is 6.42. The van der Waals surface area contributed by atoms with Crippen LogP contribution in [-0.2, 0) is 6.54 Å². The lowest BCUT2D eigenvalue weighted by molar-refractivity contribution is 0.0744. The fraction of sp³-hybridized carbons (Fsp3) is 0.500. The largest absolute Gasteiger partial charge is 0.493 e. The van der Waals surface area contributed by atoms with Crippen LogP contribution in [0.15, 0.2) is 36.4 Å². The monoisotopic (exact) mass is 484 g/mol. The molecule has 0 radical (unpaired) electrons. The van der Waals surface area contributed by atoms with Gasteiger partial charge in [0.15, 0.2) is 11.5 Å². The molecule has 0 heterocycles. The van der Waals surface area contributed by atoms with Gasteiger partial charge in [0, 0.05) is 25.7 Å². The zero-order valence-corrected chi connectivity index (χ0v) is 20.8. The number of hydrogen-bond acceptors (Lipinski definition) is 6. The van der Waals surface area contributed by atoms with Crippen molar-refractivity contribution in [2.75, 3.05) is 53.6 Å². The molecular weight excluding hydrogens is 451 g/mol. The van der Waals surface area contributed by atoms with Crippen molar-refractivity contribution in [2.24, 2.45) is 0 Å². The third-order valence-corrected chi connectivity index (χ3v) is 5.83. The van der Waals surface area contributed by atoms with Gasteiger partial charge in [0.05, 0.1) is 17.2 Å². The van der Waals surface area contributed by atoms with E-state index in [0.717, 1.165) is 30.9 Å². The first kappa shape index (κ1) is 26.6. The predicted molar refractivity (Wildman–Crippen MR) is 131 cm³/mol. The fourth-order valence-corrected chi connectivity index (χ4v) is 3.59. The molecule has 0 aliphatic carbocycles. The first-order valence-corrected chi connectivity index (χ1v) is 11.6. The molecule has 2 rings (SSSR count). The van der Waals surface area contributed by atoms with Crippen LogP contribution in [-0.4, -0.2) is 74.6 Å². The molecule has 0 aromatic heterocycles. The molecule has 0 amide bonds. The molecule has 0 bridgehead atoms. The summed E-state index contributed by atoms with van der Waals surface area (Å²) in [5.41, 5.74) is 1.07. The molecule has 0 spiro atoms. The van der Waals surface area contributed by atoms with Crippen molar-refractivity contribution < 1.29 is 19.3 Å². The number of halogens is 2. The van der Waals surface area contributed by atoms with Gasteiger partial charge in [0.1, 0.15) is 25.1 Å². The summed E-state index contributed by atoms with van der Waals surface area (Å²) in [7, 11) is 3.59. The Hall–Kier alpha value is -1.70. The highest BCUT2D eigenvalue weighted by Crippen LogP contribution is 2.29. The second kappa shape index (κ2) is 13.8. The Kier molecular flexibility index (Phi) is 11.4. The summed E-state index contributed by atoms with van der Waals surface area (Å²) < 4.78 is 17.1. The van der Waals surface area contributed by atoms with Crippen LogP contribution in [0.4, 0.5) is 0 Å². The summed E-state index contributed by atoms with van der Waals surface area (Å²) in [6.07, 6.45) is -0.654. The molecule has 2 aromatic carbocycles. The van der Waals surface area contributed by atoms with Crippen LogP contribution < -0.4 is 14.2 Å². The Bertz CT molecular complexity index is 834. The van der Waals surface area contributed by atoms with E-state index in [1.165, 1.54) is 0 Å². The van der Waals surface area contributed by atoms with Crippen molar-refractivity contribution in [3.63, 3.8) is 0 Å². The van der Waals surface area contributed by atoms with E-state index in [0.29, 0.717) is 41.2 Å². The molecule has 2 aromatic rings. The van der Waals surface area contributed by atoms with Crippen LogP contribution in [0.2, 0.25) is 10.0 Å². The van der Waals surface area contributed by atoms with Crippen molar-refractivity contribution in [1.82, 2.24) is 9.80 Å². The van der Waals surface area contributed by atoms with Crippen molar-refractivity contribution in [3.8, 4) is 17.2 Å². The number of hydrogen-bond donors (Lipinski definition) is 1. The first-order valence-electron chi connectivity index (χ1n) is 10.8. The van der Waals surface area contributed by atoms with Crippen LogP contribution in [0.3, 0.4) is 0 Å². The topological polar surface area (TPSA) is 54.4 Å². The minimum atomic E-state index is -0.654. The Balaban J connectivity index is 1.83. The van der Waals surface area contributed by atoms with Gasteiger partial charge >= 0.3 is 0 Å². The third-order valence-electron chi connectivity index (χ3n) is 5.10. The SMILES string of the molecule is CCN(CC)CCOc1ccc(CN(C)CC(O)COc2ccc(Cl)c(Cl)c2)cc1OC. The number of aliphatic hydroxyl groups excluding tert-OH is 1. The summed E-state index contributed by atoms with van der Waals surface area (Å²) in [6.45, 7) is 9.05. The smallest absolute Gasteiger partial charge is 0.161 e. The van der Waals surface area contributed by atoms with Gasteiger partial charge < -0.3 is 24.2 Å². The summed E-state index contributed by atoms with van der Waals surface area (Å²) in [5.74, 6) is 2.02. The molecule has 0 aliphatic rings. The zero-order valence-electron chi connectivity index (χ0n) is 19.3. The van der Waals surface area contributed by atoms with Crippen molar-refractivity contribution in [2.45, 2.75) is 26.5 Å². The van der Waals surface area contributed by atoms with Crippen LogP contribution in [0.25, 0.3) is 0 Å². The van der Waals surface area contributed by atoms with E-state index in [1.807, 2.05) is 30.1 Å². The van der Waals surface area contributed by atoms with Crippen LogP contribution in [0.1, 0.15) is 19.4 Å². The molecule has 6 nitrogen and oxygen atoms in total. The maximum atomic E-state index is 10.3. The molecule has 32 heavy (non-hydrogen) atoms. The molecule has 0 saturated heterocycles. The summed E-state index contributed by atoms with van der Waals surface area (Å²) in [5, 5.41) is 11.2. The van der Waals surface area contributed by atoms with Gasteiger partial charge in [-0.05, 0) is 50.0 Å². The number of methoxy groups -OCH3 is 1. The molecule has 0 aliphatic heterocycles. The average molecular weight is 485 g/mol. The maximum absolute atomic E-state index is 10.3. The van der Waals surface area contributed by atoms with Crippen molar-refractivity contribution >= 4 is 23.2 Å². The molecule has 0 saturated carbocycles. The van der Waals surface area contributed by atoms with E-state index in [1.54, 1.807) is 25.3 Å². The number of nitrogens with zero attached hydrogens (tertiary/aromatic N) is 2. The van der Waals surface area contributed by atoms with Crippen LogP contribution in [0.5, 0.6) is 17.2 Å². The molecule has 8 heteroatoms. The number of aliphatic hydroxyl groups is 1. The molecule has 1 N–H and O–H groups in total. The number of ether oxygens (including phenoxy) is 3. The highest BCUT2D eigenvalue weighted by Gasteiger charge is 2.13. The first-order chi connectivity index (χ1) is 15.4. The van der Waals surface area contributed by atoms with E-state index < -0.39 is 6.10 Å². The van der Waals surface area contributed by atoms with Gasteiger partial charge in [-0.25, -0.2) is 0 Å². The highest BCUT2D eigenvalue weighted by atomic mass is 35.5. The minimum absolute atomic E-state index is 0.158. The second-order valence-corrected chi connectivity index (χ2v) is 8.41. The van der Waals surface area contributed by atoms with Crippen LogP contribution >= 0.6 is 23.2 Å². The van der Waals surface area contributed by atoms with E-state index in [2.05, 4.69) is 18.7 Å². The molecule has 178 valence electrons. The van der Waals surface area contributed by atoms with Crippen molar-refractivity contribution in [3.05, 3.63) is 52.0 Å². The number of rotatable bonds is 14. The lowest BCUT2D eigenvalue weighted by Gasteiger charge is -2.22. The minimum Gasteiger partial charge on any atom is -0.493 e. The summed E-state index contributed by atoms with van der Waals surface area (Å²) in [6, 6.07) is 11.0. The number of benzene rings is 2. The zero-order chi connectivity index (χ0) is 23.5. The van der Waals surface area contributed by atoms with Gasteiger partial charge in [-0.3, -0.25) is 4.90 Å². The third kappa shape index (κ3) is 8.68. The van der Waals surface area contributed by atoms with Crippen LogP contribution in [0, 0.1) is 0 Å². The summed E-state index contributed by atoms with van der Waals surface area (Å²) in [4.78, 5) is 4.34. The average Bonchev–Trinajstić information content (AvgIpc) is 2.78. The van der Waals surface area contributed by atoms with E-state index in [9.17, 15) is 5.11 Å². The van der Waals surface area contributed by atoms with Gasteiger partial charge in [-0.15, -0.1) is 0 Å². The van der Waals surface area contributed by atoms with Crippen molar-refractivity contribution in [1.29, 1.82) is 0 Å². The quantitative estimate of drug-likeness (QED) is 0.423. The Morgan fingerprint density at radius 3 is 2.38 bits per heavy atom. The van der Waals surface area contributed by atoms with Gasteiger partial charge in [0.2, 0.25) is 0 Å². The Labute approximate surface area is 201 Å². The Morgan fingerprint density at radius 2 is 1.72 bits per heavy atom. The van der Waals surface area contributed by atoms with E-state index in [-0.39, 0.29) is 6.61 Å². The normalized spacial score (nSPS) is 12.3. The standard InChI is InChI=1S/C24H34Cl2N2O4/c1-5-28(6-2)11-12-31-23-10-7-18(13-24(23)30-4)15-27(3)16-19(29)17-32-20-8-9-21(25)22(26)14-20/h7-10,13-14,19,29H,5-6,11-12,15-17H2,1-4H3. The van der Waals surface area contributed by atoms with E-state index in [4.69, 9.17) is 37.4 Å². The summed E-state index contributed by atoms with van der Waals surface area (Å²) >= 11 is 11.9. The second-order valence-electron chi connectivity index (χ2n) is 7.60. The lowest BCUT2D eigenvalue weighted by atomic mass is 10.2. The Morgan fingerprint density at radius 1 is 0.969 bits per heavy atom. The fourth-order valence-electron chi connectivity index (χ4n) is 3.30. The lowest BCUT2D eigenvalue weighted by Crippen LogP contribution is -2.32. The number of likely N-dealkylation sites (N-methyl/N-ethyl adjacent to an activating group) is 2. The molecular formula is C24H34Cl2N2O4. The van der Waals surface area contributed by atoms with E-state index >= 15 is 0 Å². The maximum Gasteiger partial charge on any atom is 0.161 e. The predicted octanol–water partition coefficient (Wildman–Crippen LogP) is 4.59. The van der Waals surface area contributed by atoms with Gasteiger partial charge in [-0.2, -0.15) is 0 Å². The van der Waals surface area contributed by atoms with Gasteiger partial charge in [0.25, 0.3) is 0 Å². The van der Waals surface area contributed by atoms with Gasteiger partial charge in [-0.1, -0.05) is 43.1 Å². The molecule has 0 fully saturated rings. The molecule has 1 unspecified atom stereocenters.